The second kappa shape index (κ2) is 2.67. The first-order chi connectivity index (χ1) is 5.40. The SMILES string of the molecule is CPc1cc2ccccc2o1. The van der Waals surface area contributed by atoms with Crippen molar-refractivity contribution in [3.8, 4) is 0 Å². The highest BCUT2D eigenvalue weighted by Gasteiger charge is 1.98. The van der Waals surface area contributed by atoms with Crippen LogP contribution in [0.3, 0.4) is 0 Å². The van der Waals surface area contributed by atoms with Crippen LogP contribution in [0.25, 0.3) is 11.0 Å². The molecule has 0 N–H and O–H groups in total. The van der Waals surface area contributed by atoms with Gasteiger partial charge in [-0.25, -0.2) is 0 Å². The number of hydrogen-bond acceptors (Lipinski definition) is 1. The molecular weight excluding hydrogens is 155 g/mol. The number of para-hydroxylation sites is 1. The minimum Gasteiger partial charge on any atom is -0.457 e. The summed E-state index contributed by atoms with van der Waals surface area (Å²) in [6, 6.07) is 10.2. The Morgan fingerprint density at radius 2 is 2.09 bits per heavy atom. The van der Waals surface area contributed by atoms with Crippen LogP contribution in [-0.2, 0) is 0 Å². The van der Waals surface area contributed by atoms with Crippen LogP contribution in [0.1, 0.15) is 0 Å². The smallest absolute Gasteiger partial charge is 0.134 e. The molecule has 0 saturated heterocycles. The number of hydrogen-bond donors (Lipinski definition) is 0. The van der Waals surface area contributed by atoms with E-state index in [1.807, 2.05) is 18.2 Å². The molecule has 1 aromatic carbocycles. The third-order valence-corrected chi connectivity index (χ3v) is 2.41. The third-order valence-electron chi connectivity index (χ3n) is 1.67. The van der Waals surface area contributed by atoms with Crippen LogP contribution in [0.2, 0.25) is 0 Å². The van der Waals surface area contributed by atoms with Gasteiger partial charge >= 0.3 is 0 Å². The first kappa shape index (κ1) is 6.87. The summed E-state index contributed by atoms with van der Waals surface area (Å²) < 4.78 is 5.53. The minimum atomic E-state index is 0.747. The first-order valence-electron chi connectivity index (χ1n) is 3.56. The van der Waals surface area contributed by atoms with Gasteiger partial charge in [0.1, 0.15) is 11.1 Å². The predicted molar refractivity (Wildman–Crippen MR) is 50.1 cm³/mol. The van der Waals surface area contributed by atoms with Crippen LogP contribution in [0.5, 0.6) is 0 Å². The Kier molecular flexibility index (Phi) is 1.67. The summed E-state index contributed by atoms with van der Waals surface area (Å²) in [5, 5.41) is 1.21. The Labute approximate surface area is 67.2 Å². The third kappa shape index (κ3) is 1.17. The zero-order valence-electron chi connectivity index (χ0n) is 6.29. The van der Waals surface area contributed by atoms with E-state index in [-0.39, 0.29) is 0 Å². The fourth-order valence-corrected chi connectivity index (χ4v) is 1.62. The highest BCUT2D eigenvalue weighted by Crippen LogP contribution is 2.16. The van der Waals surface area contributed by atoms with Gasteiger partial charge in [-0.15, -0.1) is 0 Å². The standard InChI is InChI=1S/C9H9OP/c1-11-9-6-7-4-2-3-5-8(7)10-9/h2-6,11H,1H3. The fraction of sp³-hybridized carbons (Fsp3) is 0.111. The van der Waals surface area contributed by atoms with E-state index in [1.165, 1.54) is 5.39 Å². The Morgan fingerprint density at radius 1 is 1.27 bits per heavy atom. The molecule has 0 bridgehead atoms. The number of fused-ring (bicyclic) bond motifs is 1. The molecule has 0 spiro atoms. The van der Waals surface area contributed by atoms with E-state index < -0.39 is 0 Å². The molecular formula is C9H9OP. The fourth-order valence-electron chi connectivity index (χ4n) is 1.11. The van der Waals surface area contributed by atoms with Crippen molar-refractivity contribution >= 4 is 25.1 Å². The minimum absolute atomic E-state index is 0.747. The van der Waals surface area contributed by atoms with E-state index in [4.69, 9.17) is 4.42 Å². The highest BCUT2D eigenvalue weighted by molar-refractivity contribution is 7.45. The van der Waals surface area contributed by atoms with E-state index in [9.17, 15) is 0 Å². The van der Waals surface area contributed by atoms with Crippen molar-refractivity contribution < 1.29 is 4.42 Å². The number of rotatable bonds is 1. The molecule has 56 valence electrons. The van der Waals surface area contributed by atoms with Gasteiger partial charge in [-0.3, -0.25) is 0 Å². The van der Waals surface area contributed by atoms with Crippen LogP contribution in [-0.4, -0.2) is 6.66 Å². The van der Waals surface area contributed by atoms with E-state index in [2.05, 4.69) is 18.8 Å². The van der Waals surface area contributed by atoms with E-state index in [1.54, 1.807) is 0 Å². The average molecular weight is 164 g/mol. The van der Waals surface area contributed by atoms with Crippen LogP contribution >= 0.6 is 8.58 Å². The van der Waals surface area contributed by atoms with Crippen molar-refractivity contribution in [1.29, 1.82) is 0 Å². The molecule has 0 fully saturated rings. The normalized spacial score (nSPS) is 11.7. The molecule has 0 saturated carbocycles. The van der Waals surface area contributed by atoms with Gasteiger partial charge in [0.2, 0.25) is 0 Å². The maximum absolute atomic E-state index is 5.53. The summed E-state index contributed by atoms with van der Waals surface area (Å²) in [7, 11) is 0.747. The van der Waals surface area contributed by atoms with Crippen LogP contribution < -0.4 is 5.50 Å². The zero-order chi connectivity index (χ0) is 7.68. The molecule has 11 heavy (non-hydrogen) atoms. The lowest BCUT2D eigenvalue weighted by Gasteiger charge is -1.83. The van der Waals surface area contributed by atoms with Gasteiger partial charge < -0.3 is 4.42 Å². The van der Waals surface area contributed by atoms with Crippen molar-refractivity contribution in [1.82, 2.24) is 0 Å². The molecule has 0 aliphatic heterocycles. The Morgan fingerprint density at radius 3 is 2.82 bits per heavy atom. The largest absolute Gasteiger partial charge is 0.457 e. The summed E-state index contributed by atoms with van der Waals surface area (Å²) in [4.78, 5) is 0. The van der Waals surface area contributed by atoms with E-state index in [0.29, 0.717) is 0 Å². The van der Waals surface area contributed by atoms with Gasteiger partial charge in [0, 0.05) is 5.39 Å². The molecule has 1 heterocycles. The second-order valence-electron chi connectivity index (χ2n) is 2.40. The molecule has 0 radical (unpaired) electrons. The Bertz CT molecular complexity index is 331. The average Bonchev–Trinajstić information content (AvgIpc) is 2.46. The van der Waals surface area contributed by atoms with Gasteiger partial charge in [-0.1, -0.05) is 26.8 Å². The lowest BCUT2D eigenvalue weighted by molar-refractivity contribution is 0.655. The molecule has 1 atom stereocenters. The highest BCUT2D eigenvalue weighted by atomic mass is 31.1. The van der Waals surface area contributed by atoms with Crippen molar-refractivity contribution in [2.75, 3.05) is 6.66 Å². The first-order valence-corrected chi connectivity index (χ1v) is 5.06. The van der Waals surface area contributed by atoms with Gasteiger partial charge in [0.15, 0.2) is 0 Å². The summed E-state index contributed by atoms with van der Waals surface area (Å²) >= 11 is 0. The van der Waals surface area contributed by atoms with Crippen molar-refractivity contribution in [2.24, 2.45) is 0 Å². The number of furan rings is 1. The molecule has 2 rings (SSSR count). The van der Waals surface area contributed by atoms with Crippen LogP contribution in [0, 0.1) is 0 Å². The topological polar surface area (TPSA) is 13.1 Å². The summed E-state index contributed by atoms with van der Waals surface area (Å²) in [5.74, 6) is 0. The predicted octanol–water partition coefficient (Wildman–Crippen LogP) is 2.37. The second-order valence-corrected chi connectivity index (χ2v) is 3.39. The summed E-state index contributed by atoms with van der Waals surface area (Å²) in [6.07, 6.45) is 0. The van der Waals surface area contributed by atoms with E-state index >= 15 is 0 Å². The molecule has 1 aromatic heterocycles. The van der Waals surface area contributed by atoms with Crippen molar-refractivity contribution in [2.45, 2.75) is 0 Å². The van der Waals surface area contributed by atoms with Crippen LogP contribution in [0.15, 0.2) is 34.7 Å². The Balaban J connectivity index is 2.69. The number of benzene rings is 1. The van der Waals surface area contributed by atoms with Gasteiger partial charge in [-0.2, -0.15) is 0 Å². The molecule has 0 aliphatic carbocycles. The molecule has 2 aromatic rings. The lowest BCUT2D eigenvalue weighted by atomic mass is 10.3. The van der Waals surface area contributed by atoms with E-state index in [0.717, 1.165) is 19.7 Å². The molecule has 1 nitrogen and oxygen atoms in total. The quantitative estimate of drug-likeness (QED) is 0.590. The van der Waals surface area contributed by atoms with Crippen molar-refractivity contribution in [3.63, 3.8) is 0 Å². The lowest BCUT2D eigenvalue weighted by Crippen LogP contribution is -1.81. The summed E-state index contributed by atoms with van der Waals surface area (Å²) in [6.45, 7) is 2.12. The maximum Gasteiger partial charge on any atom is 0.134 e. The molecule has 2 heteroatoms. The van der Waals surface area contributed by atoms with Gasteiger partial charge in [0.05, 0.1) is 0 Å². The Hall–Kier alpha value is -0.810. The van der Waals surface area contributed by atoms with Crippen LogP contribution in [0.4, 0.5) is 0 Å². The van der Waals surface area contributed by atoms with Gasteiger partial charge in [-0.05, 0) is 18.8 Å². The van der Waals surface area contributed by atoms with Gasteiger partial charge in [0.25, 0.3) is 0 Å². The van der Waals surface area contributed by atoms with Crippen molar-refractivity contribution in [3.05, 3.63) is 30.3 Å². The maximum atomic E-state index is 5.53. The monoisotopic (exact) mass is 164 g/mol. The molecule has 0 amide bonds. The summed E-state index contributed by atoms with van der Waals surface area (Å²) in [5.41, 5.74) is 2.09. The zero-order valence-corrected chi connectivity index (χ0v) is 7.29. The molecule has 1 unspecified atom stereocenters. The molecule has 0 aliphatic rings.